The number of hydrogen-bond acceptors (Lipinski definition) is 3. The lowest BCUT2D eigenvalue weighted by molar-refractivity contribution is 0.175. The molecule has 3 rings (SSSR count). The zero-order chi connectivity index (χ0) is 17.1. The van der Waals surface area contributed by atoms with Crippen molar-refractivity contribution >= 4 is 22.6 Å². The van der Waals surface area contributed by atoms with Gasteiger partial charge >= 0.3 is 6.03 Å². The van der Waals surface area contributed by atoms with Crippen LogP contribution in [0.4, 0.5) is 10.6 Å². The molecule has 2 amide bonds. The van der Waals surface area contributed by atoms with E-state index in [2.05, 4.69) is 15.7 Å². The van der Waals surface area contributed by atoms with Gasteiger partial charge in [-0.2, -0.15) is 5.10 Å². The average molecular weight is 324 g/mol. The summed E-state index contributed by atoms with van der Waals surface area (Å²) in [6, 6.07) is 15.1. The van der Waals surface area contributed by atoms with Crippen molar-refractivity contribution in [2.75, 3.05) is 11.9 Å². The SMILES string of the molecule is Cc1cc(NC(=O)NCC(O)c2ccc3ccccc3c2)nn1C. The number of aromatic nitrogens is 2. The summed E-state index contributed by atoms with van der Waals surface area (Å²) in [5, 5.41) is 21.9. The largest absolute Gasteiger partial charge is 0.387 e. The Balaban J connectivity index is 1.59. The third-order valence-corrected chi connectivity index (χ3v) is 3.97. The van der Waals surface area contributed by atoms with Gasteiger partial charge < -0.3 is 10.4 Å². The predicted molar refractivity (Wildman–Crippen MR) is 93.9 cm³/mol. The number of fused-ring (bicyclic) bond motifs is 1. The number of aryl methyl sites for hydroxylation is 2. The van der Waals surface area contributed by atoms with Crippen LogP contribution in [-0.4, -0.2) is 27.5 Å². The number of aliphatic hydroxyl groups is 1. The van der Waals surface area contributed by atoms with Gasteiger partial charge in [0.15, 0.2) is 5.82 Å². The minimum Gasteiger partial charge on any atom is -0.387 e. The third-order valence-electron chi connectivity index (χ3n) is 3.97. The lowest BCUT2D eigenvalue weighted by Crippen LogP contribution is -2.32. The Morgan fingerprint density at radius 2 is 1.96 bits per heavy atom. The Morgan fingerprint density at radius 3 is 2.67 bits per heavy atom. The van der Waals surface area contributed by atoms with E-state index < -0.39 is 12.1 Å². The molecule has 2 aromatic carbocycles. The number of carbonyl (C=O) groups excluding carboxylic acids is 1. The molecule has 0 aliphatic rings. The van der Waals surface area contributed by atoms with Gasteiger partial charge in [0.2, 0.25) is 0 Å². The maximum absolute atomic E-state index is 11.9. The van der Waals surface area contributed by atoms with Gasteiger partial charge in [0.05, 0.1) is 6.10 Å². The smallest absolute Gasteiger partial charge is 0.320 e. The number of hydrogen-bond donors (Lipinski definition) is 3. The van der Waals surface area contributed by atoms with E-state index >= 15 is 0 Å². The van der Waals surface area contributed by atoms with Gasteiger partial charge in [-0.3, -0.25) is 10.00 Å². The molecule has 3 aromatic rings. The van der Waals surface area contributed by atoms with Crippen molar-refractivity contribution in [3.05, 3.63) is 59.8 Å². The maximum atomic E-state index is 11.9. The highest BCUT2D eigenvalue weighted by atomic mass is 16.3. The Hall–Kier alpha value is -2.86. The molecule has 0 bridgehead atoms. The van der Waals surface area contributed by atoms with Crippen LogP contribution in [0, 0.1) is 6.92 Å². The molecule has 0 aliphatic carbocycles. The fourth-order valence-electron chi connectivity index (χ4n) is 2.50. The van der Waals surface area contributed by atoms with Crippen LogP contribution < -0.4 is 10.6 Å². The summed E-state index contributed by atoms with van der Waals surface area (Å²) in [5.41, 5.74) is 1.71. The van der Waals surface area contributed by atoms with Crippen molar-refractivity contribution in [2.24, 2.45) is 7.05 Å². The van der Waals surface area contributed by atoms with E-state index in [-0.39, 0.29) is 6.54 Å². The molecule has 0 fully saturated rings. The monoisotopic (exact) mass is 324 g/mol. The first kappa shape index (κ1) is 16.0. The van der Waals surface area contributed by atoms with E-state index in [0.717, 1.165) is 22.0 Å². The number of benzene rings is 2. The molecule has 0 aliphatic heterocycles. The van der Waals surface area contributed by atoms with Crippen molar-refractivity contribution < 1.29 is 9.90 Å². The first-order valence-corrected chi connectivity index (χ1v) is 7.75. The number of carbonyl (C=O) groups is 1. The van der Waals surface area contributed by atoms with E-state index in [1.807, 2.05) is 56.4 Å². The van der Waals surface area contributed by atoms with Gasteiger partial charge in [0, 0.05) is 25.4 Å². The molecule has 6 heteroatoms. The summed E-state index contributed by atoms with van der Waals surface area (Å²) >= 11 is 0. The van der Waals surface area contributed by atoms with Crippen LogP contribution in [0.5, 0.6) is 0 Å². The van der Waals surface area contributed by atoms with E-state index in [0.29, 0.717) is 5.82 Å². The molecule has 0 saturated heterocycles. The van der Waals surface area contributed by atoms with Crippen molar-refractivity contribution in [2.45, 2.75) is 13.0 Å². The first-order chi connectivity index (χ1) is 11.5. The van der Waals surface area contributed by atoms with Crippen molar-refractivity contribution in [3.63, 3.8) is 0 Å². The van der Waals surface area contributed by atoms with Gasteiger partial charge in [0.1, 0.15) is 0 Å². The molecular weight excluding hydrogens is 304 g/mol. The molecule has 124 valence electrons. The summed E-state index contributed by atoms with van der Waals surface area (Å²) in [7, 11) is 1.81. The molecule has 0 saturated carbocycles. The number of urea groups is 1. The average Bonchev–Trinajstić information content (AvgIpc) is 2.89. The van der Waals surface area contributed by atoms with E-state index in [9.17, 15) is 9.90 Å². The molecule has 1 unspecified atom stereocenters. The Labute approximate surface area is 140 Å². The van der Waals surface area contributed by atoms with E-state index in [4.69, 9.17) is 0 Å². The minimum absolute atomic E-state index is 0.121. The van der Waals surface area contributed by atoms with Gasteiger partial charge in [-0.15, -0.1) is 0 Å². The quantitative estimate of drug-likeness (QED) is 0.690. The van der Waals surface area contributed by atoms with E-state index in [1.54, 1.807) is 10.7 Å². The fraction of sp³-hybridized carbons (Fsp3) is 0.222. The van der Waals surface area contributed by atoms with Gasteiger partial charge in [0.25, 0.3) is 0 Å². The molecule has 1 heterocycles. The molecule has 1 atom stereocenters. The maximum Gasteiger partial charge on any atom is 0.320 e. The first-order valence-electron chi connectivity index (χ1n) is 7.75. The Bertz CT molecular complexity index is 853. The second kappa shape index (κ2) is 6.72. The predicted octanol–water partition coefficient (Wildman–Crippen LogP) is 2.74. The normalized spacial score (nSPS) is 12.1. The highest BCUT2D eigenvalue weighted by molar-refractivity contribution is 5.88. The number of nitrogens with one attached hydrogen (secondary N) is 2. The summed E-state index contributed by atoms with van der Waals surface area (Å²) in [6.45, 7) is 2.02. The van der Waals surface area contributed by atoms with E-state index in [1.165, 1.54) is 0 Å². The molecule has 3 N–H and O–H groups in total. The molecule has 24 heavy (non-hydrogen) atoms. The summed E-state index contributed by atoms with van der Waals surface area (Å²) < 4.78 is 1.68. The van der Waals surface area contributed by atoms with Crippen molar-refractivity contribution in [1.29, 1.82) is 0 Å². The van der Waals surface area contributed by atoms with Crippen LogP contribution in [0.3, 0.4) is 0 Å². The second-order valence-corrected chi connectivity index (χ2v) is 5.75. The van der Waals surface area contributed by atoms with Crippen LogP contribution in [0.15, 0.2) is 48.5 Å². The number of anilines is 1. The van der Waals surface area contributed by atoms with Crippen molar-refractivity contribution in [3.8, 4) is 0 Å². The lowest BCUT2D eigenvalue weighted by atomic mass is 10.0. The highest BCUT2D eigenvalue weighted by Gasteiger charge is 2.11. The Morgan fingerprint density at radius 1 is 1.21 bits per heavy atom. The van der Waals surface area contributed by atoms with Crippen LogP contribution in [0.25, 0.3) is 10.8 Å². The third kappa shape index (κ3) is 3.55. The summed E-state index contributed by atoms with van der Waals surface area (Å²) in [5.74, 6) is 0.479. The number of amides is 2. The zero-order valence-electron chi connectivity index (χ0n) is 13.7. The van der Waals surface area contributed by atoms with Crippen LogP contribution in [-0.2, 0) is 7.05 Å². The fourth-order valence-corrected chi connectivity index (χ4v) is 2.50. The number of nitrogens with zero attached hydrogens (tertiary/aromatic N) is 2. The summed E-state index contributed by atoms with van der Waals surface area (Å²) in [6.07, 6.45) is -0.772. The van der Waals surface area contributed by atoms with Gasteiger partial charge in [-0.1, -0.05) is 36.4 Å². The van der Waals surface area contributed by atoms with Crippen LogP contribution in [0.2, 0.25) is 0 Å². The number of aliphatic hydroxyl groups excluding tert-OH is 1. The van der Waals surface area contributed by atoms with Crippen molar-refractivity contribution in [1.82, 2.24) is 15.1 Å². The minimum atomic E-state index is -0.772. The molecule has 6 nitrogen and oxygen atoms in total. The van der Waals surface area contributed by atoms with Gasteiger partial charge in [-0.05, 0) is 29.3 Å². The second-order valence-electron chi connectivity index (χ2n) is 5.75. The Kier molecular flexibility index (Phi) is 4.48. The molecule has 0 radical (unpaired) electrons. The zero-order valence-corrected chi connectivity index (χ0v) is 13.7. The van der Waals surface area contributed by atoms with Crippen LogP contribution >= 0.6 is 0 Å². The van der Waals surface area contributed by atoms with Crippen LogP contribution in [0.1, 0.15) is 17.4 Å². The molecular formula is C18H20N4O2. The molecule has 1 aromatic heterocycles. The standard InChI is InChI=1S/C18H20N4O2/c1-12-9-17(21-22(12)2)20-18(24)19-11-16(23)15-8-7-13-5-3-4-6-14(13)10-15/h3-10,16,23H,11H2,1-2H3,(H2,19,20,21,24). The molecule has 0 spiro atoms. The topological polar surface area (TPSA) is 79.2 Å². The lowest BCUT2D eigenvalue weighted by Gasteiger charge is -2.13. The summed E-state index contributed by atoms with van der Waals surface area (Å²) in [4.78, 5) is 11.9. The highest BCUT2D eigenvalue weighted by Crippen LogP contribution is 2.20. The van der Waals surface area contributed by atoms with Gasteiger partial charge in [-0.25, -0.2) is 4.79 Å². The number of rotatable bonds is 4.